The molecule has 1 aliphatic carbocycles. The molecule has 3 aromatic carbocycles. The van der Waals surface area contributed by atoms with Gasteiger partial charge in [-0.3, -0.25) is 6.08 Å². The second-order valence-electron chi connectivity index (χ2n) is 10.7. The van der Waals surface area contributed by atoms with Crippen LogP contribution in [0.25, 0.3) is 0 Å². The Morgan fingerprint density at radius 1 is 0.789 bits per heavy atom. The zero-order valence-electron chi connectivity index (χ0n) is 23.5. The predicted octanol–water partition coefficient (Wildman–Crippen LogP) is 9.07. The first-order valence-electron chi connectivity index (χ1n) is 12.3. The van der Waals surface area contributed by atoms with Crippen molar-refractivity contribution in [3.8, 4) is 11.5 Å². The molecule has 5 heteroatoms. The first kappa shape index (κ1) is 35.9. The van der Waals surface area contributed by atoms with E-state index in [1.54, 1.807) is 19.2 Å². The molecular formula is C33H41Cl2O2Ti. The van der Waals surface area contributed by atoms with E-state index in [1.165, 1.54) is 20.5 Å². The predicted molar refractivity (Wildman–Crippen MR) is 164 cm³/mol. The summed E-state index contributed by atoms with van der Waals surface area (Å²) < 4.78 is 6.40. The molecule has 0 bridgehead atoms. The molecule has 0 radical (unpaired) electrons. The number of phenols is 1. The average molecular weight is 588 g/mol. The monoisotopic (exact) mass is 587 g/mol. The minimum absolute atomic E-state index is 0. The van der Waals surface area contributed by atoms with Crippen LogP contribution in [0.5, 0.6) is 11.5 Å². The molecule has 0 fully saturated rings. The van der Waals surface area contributed by atoms with Crippen molar-refractivity contribution in [1.29, 1.82) is 0 Å². The topological polar surface area (TPSA) is 29.5 Å². The zero-order chi connectivity index (χ0) is 26.8. The Bertz CT molecular complexity index is 1130. The number of hydrogen-bond donors (Lipinski definition) is 1. The summed E-state index contributed by atoms with van der Waals surface area (Å²) in [6.45, 7) is 12.9. The first-order chi connectivity index (χ1) is 16.9. The number of methoxy groups -OCH3 is 1. The Morgan fingerprint density at radius 2 is 1.29 bits per heavy atom. The van der Waals surface area contributed by atoms with Crippen molar-refractivity contribution < 1.29 is 29.8 Å². The van der Waals surface area contributed by atoms with E-state index in [2.05, 4.69) is 128 Å². The van der Waals surface area contributed by atoms with Crippen molar-refractivity contribution in [2.45, 2.75) is 53.4 Å². The van der Waals surface area contributed by atoms with Crippen molar-refractivity contribution in [1.82, 2.24) is 0 Å². The van der Waals surface area contributed by atoms with Gasteiger partial charge in [0.05, 0.1) is 7.11 Å². The summed E-state index contributed by atoms with van der Waals surface area (Å²) >= 11 is 2.16. The molecule has 4 rings (SSSR count). The van der Waals surface area contributed by atoms with Crippen molar-refractivity contribution in [3.05, 3.63) is 119 Å². The Balaban J connectivity index is 0.000000538. The van der Waals surface area contributed by atoms with Gasteiger partial charge in [-0.15, -0.1) is 31.2 Å². The summed E-state index contributed by atoms with van der Waals surface area (Å²) in [7, 11) is 1.60. The molecule has 0 spiro atoms. The van der Waals surface area contributed by atoms with Crippen LogP contribution in [0.15, 0.2) is 96.6 Å². The zero-order valence-corrected chi connectivity index (χ0v) is 26.7. The van der Waals surface area contributed by atoms with Gasteiger partial charge in [-0.05, 0) is 28.5 Å². The number of hydrogen-bond acceptors (Lipinski definition) is 2. The van der Waals surface area contributed by atoms with Crippen molar-refractivity contribution >= 4 is 28.6 Å². The number of benzene rings is 3. The van der Waals surface area contributed by atoms with Crippen LogP contribution in [0.2, 0.25) is 0 Å². The molecule has 38 heavy (non-hydrogen) atoms. The van der Waals surface area contributed by atoms with Gasteiger partial charge in [0.1, 0.15) is 11.5 Å². The van der Waals surface area contributed by atoms with E-state index in [4.69, 9.17) is 4.74 Å². The van der Waals surface area contributed by atoms with Gasteiger partial charge in [-0.2, -0.15) is 6.08 Å². The molecule has 1 N–H and O–H groups in total. The van der Waals surface area contributed by atoms with Gasteiger partial charge < -0.3 is 9.84 Å². The second kappa shape index (κ2) is 16.8. The van der Waals surface area contributed by atoms with E-state index in [-0.39, 0.29) is 36.0 Å². The number of halogens is 2. The van der Waals surface area contributed by atoms with Gasteiger partial charge in [0, 0.05) is 6.07 Å². The van der Waals surface area contributed by atoms with Gasteiger partial charge in [0.15, 0.2) is 0 Å². The molecule has 3 aromatic rings. The van der Waals surface area contributed by atoms with Gasteiger partial charge in [-0.25, -0.2) is 11.6 Å². The fraction of sp³-hybridized carbons (Fsp3) is 0.303. The molecule has 0 aliphatic heterocycles. The third-order valence-corrected chi connectivity index (χ3v) is 6.52. The Labute approximate surface area is 254 Å². The Morgan fingerprint density at radius 3 is 1.63 bits per heavy atom. The summed E-state index contributed by atoms with van der Waals surface area (Å²) in [6.07, 6.45) is 8.63. The van der Waals surface area contributed by atoms with E-state index < -0.39 is 0 Å². The van der Waals surface area contributed by atoms with E-state index in [0.29, 0.717) is 11.2 Å². The Kier molecular flexibility index (Phi) is 15.9. The van der Waals surface area contributed by atoms with Crippen molar-refractivity contribution in [2.24, 2.45) is 5.41 Å². The van der Waals surface area contributed by atoms with E-state index >= 15 is 0 Å². The van der Waals surface area contributed by atoms with Crippen LogP contribution in [0.3, 0.4) is 0 Å². The summed E-state index contributed by atoms with van der Waals surface area (Å²) in [6, 6.07) is 26.3. The maximum atomic E-state index is 9.41. The first-order valence-corrected chi connectivity index (χ1v) is 13.1. The van der Waals surface area contributed by atoms with E-state index in [0.717, 1.165) is 12.0 Å². The Hall–Kier alpha value is -2.10. The maximum absolute atomic E-state index is 9.41. The van der Waals surface area contributed by atoms with Crippen molar-refractivity contribution in [3.63, 3.8) is 0 Å². The average Bonchev–Trinajstić information content (AvgIpc) is 3.41. The summed E-state index contributed by atoms with van der Waals surface area (Å²) in [4.78, 5) is 0. The summed E-state index contributed by atoms with van der Waals surface area (Å²) in [5, 5.41) is 9.41. The van der Waals surface area contributed by atoms with Gasteiger partial charge >= 0.3 is 95.6 Å². The number of aromatic hydroxyl groups is 1. The molecule has 1 aliphatic rings. The normalized spacial score (nSPS) is 11.9. The standard InChI is InChI=1S/C13H10.C11H16O2.C9H13.2ClH.Ti/c1-3-7-12(8-4-1)11-13-9-5-2-6-10-13;1-11(2,3)8-5-9(12)7-10(6-8)13-4;1-9(2,3)8-6-4-5-7-8;;;/h1-10H;5-7,12H,1-4H3;4,6H,5H2,1-3H3;2*1H;/q;;-1;;;+1. The van der Waals surface area contributed by atoms with Crippen molar-refractivity contribution in [2.75, 3.05) is 7.11 Å². The van der Waals surface area contributed by atoms with Crippen LogP contribution < -0.4 is 4.74 Å². The molecule has 203 valence electrons. The molecule has 2 nitrogen and oxygen atoms in total. The number of ether oxygens (including phenoxy) is 1. The van der Waals surface area contributed by atoms with Gasteiger partial charge in [0.2, 0.25) is 0 Å². The van der Waals surface area contributed by atoms with Crippen LogP contribution in [-0.2, 0) is 25.4 Å². The van der Waals surface area contributed by atoms with Crippen LogP contribution in [-0.4, -0.2) is 16.0 Å². The van der Waals surface area contributed by atoms with Gasteiger partial charge in [-0.1, -0.05) is 41.5 Å². The molecule has 0 saturated heterocycles. The fourth-order valence-electron chi connectivity index (χ4n) is 3.43. The molecule has 0 saturated carbocycles. The van der Waals surface area contributed by atoms with Crippen LogP contribution in [0.1, 0.15) is 64.7 Å². The van der Waals surface area contributed by atoms with E-state index in [9.17, 15) is 5.11 Å². The molecule has 0 heterocycles. The molecular weight excluding hydrogens is 547 g/mol. The summed E-state index contributed by atoms with van der Waals surface area (Å²) in [5.41, 5.74) is 5.34. The minimum atomic E-state index is 0. The molecule has 0 amide bonds. The molecule has 0 unspecified atom stereocenters. The van der Waals surface area contributed by atoms with Crippen LogP contribution in [0, 0.1) is 11.5 Å². The van der Waals surface area contributed by atoms with Crippen LogP contribution in [0.4, 0.5) is 0 Å². The summed E-state index contributed by atoms with van der Waals surface area (Å²) in [5.74, 6) is 0.953. The number of allylic oxidation sites excluding steroid dienone is 4. The molecule has 0 atom stereocenters. The molecule has 0 aromatic heterocycles. The van der Waals surface area contributed by atoms with Gasteiger partial charge in [0.25, 0.3) is 0 Å². The third-order valence-electron chi connectivity index (χ3n) is 5.62. The van der Waals surface area contributed by atoms with Crippen LogP contribution >= 0.6 is 24.8 Å². The van der Waals surface area contributed by atoms with E-state index in [1.807, 2.05) is 18.2 Å². The third kappa shape index (κ3) is 12.2. The number of rotatable bonds is 3. The quantitative estimate of drug-likeness (QED) is 0.244. The SMILES string of the molecule is CC(C)(C)C1=[C-]CC=C1.COc1cc(O)cc(C(C)(C)C)c1.Cl.Cl.[Ti+]=[C](c1ccccc1)c1ccccc1. The number of phenolic OH excluding ortho intramolecular Hbond substituents is 1. The fourth-order valence-corrected chi connectivity index (χ4v) is 3.95. The second-order valence-corrected chi connectivity index (χ2v) is 11.5.